The molecule has 2 aromatic carbocycles. The molecule has 2 atom stereocenters. The third kappa shape index (κ3) is 5.86. The molecular weight excluding hydrogens is 370 g/mol. The van der Waals surface area contributed by atoms with Crippen molar-refractivity contribution in [3.63, 3.8) is 0 Å². The van der Waals surface area contributed by atoms with Gasteiger partial charge in [0.15, 0.2) is 0 Å². The molecular formula is C27H39NO2. The number of ether oxygens (including phenoxy) is 1. The molecule has 0 aliphatic carbocycles. The summed E-state index contributed by atoms with van der Waals surface area (Å²) in [7, 11) is 0. The van der Waals surface area contributed by atoms with Crippen molar-refractivity contribution >= 4 is 0 Å². The summed E-state index contributed by atoms with van der Waals surface area (Å²) in [5.74, 6) is 0.907. The summed E-state index contributed by atoms with van der Waals surface area (Å²) in [5.41, 5.74) is 1.34. The van der Waals surface area contributed by atoms with Crippen LogP contribution in [-0.2, 0) is 5.60 Å². The van der Waals surface area contributed by atoms with Crippen LogP contribution in [0.5, 0.6) is 5.75 Å². The topological polar surface area (TPSA) is 32.7 Å². The third-order valence-electron chi connectivity index (χ3n) is 6.49. The largest absolute Gasteiger partial charge is 0.494 e. The zero-order valence-electron chi connectivity index (χ0n) is 18.9. The monoisotopic (exact) mass is 409 g/mol. The van der Waals surface area contributed by atoms with Gasteiger partial charge in [0.2, 0.25) is 0 Å². The van der Waals surface area contributed by atoms with Gasteiger partial charge >= 0.3 is 0 Å². The molecule has 164 valence electrons. The lowest BCUT2D eigenvalue weighted by Crippen LogP contribution is -2.41. The Balaban J connectivity index is 1.97. The molecule has 0 spiro atoms. The number of aliphatic hydroxyl groups is 1. The number of likely N-dealkylation sites (tertiary alicyclic amines) is 1. The summed E-state index contributed by atoms with van der Waals surface area (Å²) >= 11 is 0. The molecule has 3 nitrogen and oxygen atoms in total. The molecule has 3 heteroatoms. The lowest BCUT2D eigenvalue weighted by atomic mass is 9.74. The fraction of sp³-hybridized carbons (Fsp3) is 0.556. The van der Waals surface area contributed by atoms with Crippen LogP contribution in [0.15, 0.2) is 54.6 Å². The lowest BCUT2D eigenvalue weighted by Gasteiger charge is -2.40. The number of unbranched alkanes of at least 4 members (excludes halogenated alkanes) is 1. The maximum Gasteiger partial charge on any atom is 0.119 e. The van der Waals surface area contributed by atoms with Gasteiger partial charge in [0.1, 0.15) is 5.75 Å². The molecule has 1 aliphatic rings. The van der Waals surface area contributed by atoms with Crippen molar-refractivity contribution in [2.45, 2.75) is 70.3 Å². The first-order valence-corrected chi connectivity index (χ1v) is 11.9. The second-order valence-electron chi connectivity index (χ2n) is 8.66. The zero-order valence-corrected chi connectivity index (χ0v) is 18.9. The smallest absolute Gasteiger partial charge is 0.119 e. The van der Waals surface area contributed by atoms with E-state index in [9.17, 15) is 5.11 Å². The molecule has 0 unspecified atom stereocenters. The Bertz CT molecular complexity index is 722. The number of nitrogens with zero attached hydrogens (tertiary/aromatic N) is 1. The number of hydrogen-bond acceptors (Lipinski definition) is 3. The average molecular weight is 410 g/mol. The van der Waals surface area contributed by atoms with E-state index in [0.29, 0.717) is 6.61 Å². The Kier molecular flexibility index (Phi) is 8.77. The minimum atomic E-state index is -0.894. The van der Waals surface area contributed by atoms with Crippen molar-refractivity contribution in [2.75, 3.05) is 26.2 Å². The molecule has 3 rings (SSSR count). The van der Waals surface area contributed by atoms with E-state index in [2.05, 4.69) is 54.3 Å². The normalized spacial score (nSPS) is 18.4. The predicted octanol–water partition coefficient (Wildman–Crippen LogP) is 6.12. The van der Waals surface area contributed by atoms with Gasteiger partial charge in [0.25, 0.3) is 0 Å². The zero-order chi connectivity index (χ0) is 21.2. The van der Waals surface area contributed by atoms with Crippen LogP contribution in [0.2, 0.25) is 0 Å². The molecule has 0 amide bonds. The summed E-state index contributed by atoms with van der Waals surface area (Å²) in [6.07, 6.45) is 8.02. The van der Waals surface area contributed by atoms with Gasteiger partial charge in [0, 0.05) is 12.5 Å². The molecule has 1 aliphatic heterocycles. The van der Waals surface area contributed by atoms with Gasteiger partial charge in [-0.15, -0.1) is 0 Å². The quantitative estimate of drug-likeness (QED) is 0.513. The molecule has 2 aromatic rings. The maximum absolute atomic E-state index is 12.3. The van der Waals surface area contributed by atoms with Gasteiger partial charge in [-0.1, -0.05) is 75.1 Å². The molecule has 1 N–H and O–H groups in total. The van der Waals surface area contributed by atoms with E-state index in [1.807, 2.05) is 19.1 Å². The molecule has 0 radical (unpaired) electrons. The molecule has 0 saturated carbocycles. The summed E-state index contributed by atoms with van der Waals surface area (Å²) in [6, 6.07) is 18.8. The molecule has 1 heterocycles. The second kappa shape index (κ2) is 11.5. The minimum absolute atomic E-state index is 0.0429. The highest BCUT2D eigenvalue weighted by atomic mass is 16.5. The van der Waals surface area contributed by atoms with Gasteiger partial charge < -0.3 is 14.7 Å². The standard InChI is InChI=1S/C27H39NO2/c1-3-5-19-27(29,24-15-17-25(18-16-24)30-4-2)26(23-13-9-8-10-14-23)22-28-20-11-6-7-12-21-28/h8-10,13-18,26,29H,3-7,11-12,19-22H2,1-2H3/t26-,27+/m1/s1. The number of hydrogen-bond donors (Lipinski definition) is 1. The van der Waals surface area contributed by atoms with Crippen LogP contribution >= 0.6 is 0 Å². The van der Waals surface area contributed by atoms with Crippen LogP contribution in [-0.4, -0.2) is 36.2 Å². The Morgan fingerprint density at radius 2 is 1.60 bits per heavy atom. The summed E-state index contributed by atoms with van der Waals surface area (Å²) in [4.78, 5) is 2.58. The van der Waals surface area contributed by atoms with Crippen LogP contribution in [0.1, 0.15) is 75.8 Å². The van der Waals surface area contributed by atoms with E-state index >= 15 is 0 Å². The predicted molar refractivity (Wildman–Crippen MR) is 125 cm³/mol. The average Bonchev–Trinajstić information content (AvgIpc) is 3.06. The number of benzene rings is 2. The lowest BCUT2D eigenvalue weighted by molar-refractivity contribution is -0.0146. The highest BCUT2D eigenvalue weighted by Gasteiger charge is 2.39. The van der Waals surface area contributed by atoms with Crippen LogP contribution in [0.4, 0.5) is 0 Å². The molecule has 1 fully saturated rings. The van der Waals surface area contributed by atoms with Crippen molar-refractivity contribution in [2.24, 2.45) is 0 Å². The van der Waals surface area contributed by atoms with Gasteiger partial charge in [-0.3, -0.25) is 0 Å². The van der Waals surface area contributed by atoms with Gasteiger partial charge in [-0.2, -0.15) is 0 Å². The fourth-order valence-corrected chi connectivity index (χ4v) is 4.77. The van der Waals surface area contributed by atoms with Crippen molar-refractivity contribution in [3.8, 4) is 5.75 Å². The Labute approximate surface area is 183 Å². The summed E-state index contributed by atoms with van der Waals surface area (Å²) in [6.45, 7) is 8.02. The van der Waals surface area contributed by atoms with Gasteiger partial charge in [-0.25, -0.2) is 0 Å². The highest BCUT2D eigenvalue weighted by Crippen LogP contribution is 2.42. The van der Waals surface area contributed by atoms with E-state index in [0.717, 1.165) is 50.2 Å². The Morgan fingerprint density at radius 3 is 2.20 bits per heavy atom. The summed E-state index contributed by atoms with van der Waals surface area (Å²) in [5, 5.41) is 12.3. The van der Waals surface area contributed by atoms with E-state index < -0.39 is 5.60 Å². The molecule has 0 bridgehead atoms. The second-order valence-corrected chi connectivity index (χ2v) is 8.66. The van der Waals surface area contributed by atoms with Gasteiger partial charge in [0.05, 0.1) is 12.2 Å². The van der Waals surface area contributed by atoms with Crippen LogP contribution in [0, 0.1) is 0 Å². The van der Waals surface area contributed by atoms with Crippen LogP contribution < -0.4 is 4.74 Å². The van der Waals surface area contributed by atoms with Crippen molar-refractivity contribution in [1.29, 1.82) is 0 Å². The van der Waals surface area contributed by atoms with E-state index in [-0.39, 0.29) is 5.92 Å². The fourth-order valence-electron chi connectivity index (χ4n) is 4.77. The Morgan fingerprint density at radius 1 is 0.933 bits per heavy atom. The third-order valence-corrected chi connectivity index (χ3v) is 6.49. The highest BCUT2D eigenvalue weighted by molar-refractivity contribution is 5.35. The number of rotatable bonds is 10. The summed E-state index contributed by atoms with van der Waals surface area (Å²) < 4.78 is 5.65. The molecule has 0 aromatic heterocycles. The minimum Gasteiger partial charge on any atom is -0.494 e. The maximum atomic E-state index is 12.3. The first-order chi connectivity index (χ1) is 14.7. The van der Waals surface area contributed by atoms with E-state index in [1.165, 1.54) is 31.2 Å². The van der Waals surface area contributed by atoms with Crippen LogP contribution in [0.25, 0.3) is 0 Å². The SMILES string of the molecule is CCCC[C@](O)(c1ccc(OCC)cc1)[C@H](CN1CCCCCC1)c1ccccc1. The Hall–Kier alpha value is -1.84. The first kappa shape index (κ1) is 22.8. The van der Waals surface area contributed by atoms with Crippen molar-refractivity contribution in [1.82, 2.24) is 4.90 Å². The first-order valence-electron chi connectivity index (χ1n) is 11.9. The van der Waals surface area contributed by atoms with Crippen molar-refractivity contribution in [3.05, 3.63) is 65.7 Å². The van der Waals surface area contributed by atoms with E-state index in [4.69, 9.17) is 4.74 Å². The van der Waals surface area contributed by atoms with E-state index in [1.54, 1.807) is 0 Å². The molecule has 30 heavy (non-hydrogen) atoms. The van der Waals surface area contributed by atoms with Crippen LogP contribution in [0.3, 0.4) is 0 Å². The van der Waals surface area contributed by atoms with Crippen molar-refractivity contribution < 1.29 is 9.84 Å². The van der Waals surface area contributed by atoms with Gasteiger partial charge in [-0.05, 0) is 62.5 Å². The molecule has 1 saturated heterocycles.